The van der Waals surface area contributed by atoms with Crippen molar-refractivity contribution in [2.75, 3.05) is 13.1 Å². The van der Waals surface area contributed by atoms with Gasteiger partial charge in [-0.1, -0.05) is 24.6 Å². The number of likely N-dealkylation sites (tertiary alicyclic amines) is 1. The van der Waals surface area contributed by atoms with Crippen LogP contribution >= 0.6 is 0 Å². The van der Waals surface area contributed by atoms with Gasteiger partial charge in [-0.05, 0) is 43.2 Å². The summed E-state index contributed by atoms with van der Waals surface area (Å²) in [7, 11) is 0. The van der Waals surface area contributed by atoms with Gasteiger partial charge in [0.05, 0.1) is 6.20 Å². The Kier molecular flexibility index (Phi) is 4.49. The normalized spacial score (nSPS) is 20.6. The summed E-state index contributed by atoms with van der Waals surface area (Å²) in [6, 6.07) is 7.95. The van der Waals surface area contributed by atoms with E-state index in [4.69, 9.17) is 0 Å². The lowest BCUT2D eigenvalue weighted by molar-refractivity contribution is 0.0686. The number of aromatic carboxylic acids is 1. The zero-order valence-electron chi connectivity index (χ0n) is 14.6. The molecule has 0 bridgehead atoms. The second kappa shape index (κ2) is 6.94. The number of nitrogens with one attached hydrogen (secondary N) is 1. The summed E-state index contributed by atoms with van der Waals surface area (Å²) < 4.78 is 0. The van der Waals surface area contributed by atoms with Crippen LogP contribution in [0.5, 0.6) is 0 Å². The fraction of sp³-hybridized carbons (Fsp3) is 0.450. The molecule has 136 valence electrons. The number of aromatic nitrogens is 2. The van der Waals surface area contributed by atoms with Gasteiger partial charge in [0.2, 0.25) is 0 Å². The highest BCUT2D eigenvalue weighted by atomic mass is 16.4. The molecule has 4 rings (SSSR count). The van der Waals surface area contributed by atoms with E-state index in [1.807, 2.05) is 23.1 Å². The summed E-state index contributed by atoms with van der Waals surface area (Å²) >= 11 is 0. The zero-order valence-corrected chi connectivity index (χ0v) is 14.6. The number of nitrogens with zero attached hydrogens (tertiary/aromatic N) is 2. The van der Waals surface area contributed by atoms with Gasteiger partial charge in [0.25, 0.3) is 5.91 Å². The van der Waals surface area contributed by atoms with Crippen molar-refractivity contribution in [2.45, 2.75) is 43.9 Å². The predicted molar refractivity (Wildman–Crippen MR) is 96.5 cm³/mol. The molecule has 1 aromatic carbocycles. The maximum Gasteiger partial charge on any atom is 0.354 e. The molecule has 1 aliphatic carbocycles. The van der Waals surface area contributed by atoms with E-state index in [1.54, 1.807) is 6.20 Å². The summed E-state index contributed by atoms with van der Waals surface area (Å²) in [6.45, 7) is 1.26. The minimum atomic E-state index is -1.00. The van der Waals surface area contributed by atoms with Crippen LogP contribution in [0.25, 0.3) is 0 Å². The van der Waals surface area contributed by atoms with Crippen LogP contribution in [0.2, 0.25) is 0 Å². The molecular formula is C20H23N3O3. The Morgan fingerprint density at radius 2 is 1.85 bits per heavy atom. The number of rotatable bonds is 4. The second-order valence-electron chi connectivity index (χ2n) is 7.31. The molecule has 26 heavy (non-hydrogen) atoms. The van der Waals surface area contributed by atoms with E-state index < -0.39 is 5.97 Å². The molecule has 2 aromatic rings. The number of hydrogen-bond donors (Lipinski definition) is 2. The first kappa shape index (κ1) is 16.8. The number of amides is 1. The van der Waals surface area contributed by atoms with E-state index in [2.05, 4.69) is 16.3 Å². The molecule has 2 fully saturated rings. The summed E-state index contributed by atoms with van der Waals surface area (Å²) in [5, 5.41) is 15.8. The fourth-order valence-electron chi connectivity index (χ4n) is 4.13. The third-order valence-corrected chi connectivity index (χ3v) is 5.77. The monoisotopic (exact) mass is 353 g/mol. The van der Waals surface area contributed by atoms with Crippen LogP contribution in [0.1, 0.15) is 75.9 Å². The number of piperidine rings is 1. The Balaban J connectivity index is 1.56. The average Bonchev–Trinajstić information content (AvgIpc) is 3.10. The van der Waals surface area contributed by atoms with Crippen molar-refractivity contribution in [3.05, 3.63) is 52.8 Å². The summed E-state index contributed by atoms with van der Waals surface area (Å²) in [5.41, 5.74) is 2.81. The lowest BCUT2D eigenvalue weighted by Gasteiger charge is -2.34. The van der Waals surface area contributed by atoms with Gasteiger partial charge in [0, 0.05) is 30.1 Å². The van der Waals surface area contributed by atoms with Crippen LogP contribution in [-0.4, -0.2) is 45.2 Å². The fourth-order valence-corrected chi connectivity index (χ4v) is 4.13. The molecule has 1 saturated heterocycles. The van der Waals surface area contributed by atoms with Gasteiger partial charge in [-0.2, -0.15) is 5.10 Å². The van der Waals surface area contributed by atoms with Gasteiger partial charge >= 0.3 is 5.97 Å². The molecule has 0 radical (unpaired) electrons. The van der Waals surface area contributed by atoms with Crippen molar-refractivity contribution in [3.8, 4) is 0 Å². The molecule has 1 saturated carbocycles. The van der Waals surface area contributed by atoms with Gasteiger partial charge < -0.3 is 10.0 Å². The molecule has 6 nitrogen and oxygen atoms in total. The van der Waals surface area contributed by atoms with Gasteiger partial charge in [-0.25, -0.2) is 4.79 Å². The zero-order chi connectivity index (χ0) is 18.1. The predicted octanol–water partition coefficient (Wildman–Crippen LogP) is 3.40. The number of H-pyrrole nitrogens is 1. The highest BCUT2D eigenvalue weighted by molar-refractivity contribution is 5.96. The van der Waals surface area contributed by atoms with Gasteiger partial charge in [-0.3, -0.25) is 9.89 Å². The Bertz CT molecular complexity index is 825. The van der Waals surface area contributed by atoms with E-state index in [0.29, 0.717) is 24.6 Å². The summed E-state index contributed by atoms with van der Waals surface area (Å²) in [6.07, 6.45) is 6.87. The quantitative estimate of drug-likeness (QED) is 0.882. The van der Waals surface area contributed by atoms with E-state index in [0.717, 1.165) is 31.2 Å². The first-order valence-corrected chi connectivity index (χ1v) is 9.30. The van der Waals surface area contributed by atoms with Crippen molar-refractivity contribution in [2.24, 2.45) is 0 Å². The van der Waals surface area contributed by atoms with E-state index in [-0.39, 0.29) is 17.5 Å². The van der Waals surface area contributed by atoms with E-state index in [9.17, 15) is 14.7 Å². The lowest BCUT2D eigenvalue weighted by atomic mass is 9.78. The molecule has 1 aliphatic heterocycles. The maximum atomic E-state index is 13.2. The highest BCUT2D eigenvalue weighted by Gasteiger charge is 2.31. The topological polar surface area (TPSA) is 86.3 Å². The van der Waals surface area contributed by atoms with Crippen LogP contribution in [0.3, 0.4) is 0 Å². The SMILES string of the molecule is O=C(O)c1[nH]ncc1C1CCCN(C(=O)c2ccccc2C2CCC2)C1. The molecule has 2 heterocycles. The number of carbonyl (C=O) groups is 2. The van der Waals surface area contributed by atoms with Crippen molar-refractivity contribution in [3.63, 3.8) is 0 Å². The van der Waals surface area contributed by atoms with Crippen LogP contribution in [0.4, 0.5) is 0 Å². The molecule has 2 N–H and O–H groups in total. The minimum absolute atomic E-state index is 0.00779. The number of benzene rings is 1. The van der Waals surface area contributed by atoms with Crippen molar-refractivity contribution < 1.29 is 14.7 Å². The smallest absolute Gasteiger partial charge is 0.354 e. The first-order valence-electron chi connectivity index (χ1n) is 9.30. The summed E-state index contributed by atoms with van der Waals surface area (Å²) in [5.74, 6) is -0.425. The molecule has 0 spiro atoms. The standard InChI is InChI=1S/C20H23N3O3/c24-19(16-9-2-1-8-15(16)13-5-3-6-13)23-10-4-7-14(12-23)17-11-21-22-18(17)20(25)26/h1-2,8-9,11,13-14H,3-7,10,12H2,(H,21,22)(H,25,26). The van der Waals surface area contributed by atoms with Crippen LogP contribution in [0.15, 0.2) is 30.5 Å². The lowest BCUT2D eigenvalue weighted by Crippen LogP contribution is -2.40. The molecule has 1 aromatic heterocycles. The van der Waals surface area contributed by atoms with Crippen LogP contribution < -0.4 is 0 Å². The number of aromatic amines is 1. The maximum absolute atomic E-state index is 13.2. The molecule has 1 atom stereocenters. The van der Waals surface area contributed by atoms with Crippen molar-refractivity contribution in [1.82, 2.24) is 15.1 Å². The first-order chi connectivity index (χ1) is 12.6. The Hall–Kier alpha value is -2.63. The second-order valence-corrected chi connectivity index (χ2v) is 7.31. The molecule has 1 unspecified atom stereocenters. The van der Waals surface area contributed by atoms with Gasteiger partial charge in [0.1, 0.15) is 5.69 Å². The van der Waals surface area contributed by atoms with Crippen LogP contribution in [0, 0.1) is 0 Å². The van der Waals surface area contributed by atoms with Crippen molar-refractivity contribution >= 4 is 11.9 Å². The minimum Gasteiger partial charge on any atom is -0.477 e. The third kappa shape index (κ3) is 3.00. The van der Waals surface area contributed by atoms with E-state index >= 15 is 0 Å². The number of carbonyl (C=O) groups excluding carboxylic acids is 1. The molecule has 2 aliphatic rings. The van der Waals surface area contributed by atoms with Gasteiger partial charge in [-0.15, -0.1) is 0 Å². The third-order valence-electron chi connectivity index (χ3n) is 5.77. The summed E-state index contributed by atoms with van der Waals surface area (Å²) in [4.78, 5) is 26.4. The average molecular weight is 353 g/mol. The van der Waals surface area contributed by atoms with Gasteiger partial charge in [0.15, 0.2) is 0 Å². The Labute approximate surface area is 152 Å². The number of carboxylic acids is 1. The number of carboxylic acid groups (broad SMARTS) is 1. The molecular weight excluding hydrogens is 330 g/mol. The number of hydrogen-bond acceptors (Lipinski definition) is 3. The molecule has 6 heteroatoms. The highest BCUT2D eigenvalue weighted by Crippen LogP contribution is 2.38. The largest absolute Gasteiger partial charge is 0.477 e. The Morgan fingerprint density at radius 3 is 2.58 bits per heavy atom. The van der Waals surface area contributed by atoms with E-state index in [1.165, 1.54) is 12.0 Å². The van der Waals surface area contributed by atoms with Crippen molar-refractivity contribution in [1.29, 1.82) is 0 Å². The van der Waals surface area contributed by atoms with Crippen LogP contribution in [-0.2, 0) is 0 Å². The Morgan fingerprint density at radius 1 is 1.08 bits per heavy atom. The molecule has 1 amide bonds.